The Kier molecular flexibility index (Phi) is 6.04. The van der Waals surface area contributed by atoms with Gasteiger partial charge < -0.3 is 34.2 Å². The van der Waals surface area contributed by atoms with Crippen LogP contribution in [0.3, 0.4) is 0 Å². The van der Waals surface area contributed by atoms with E-state index in [1.54, 1.807) is 29.2 Å². The molecule has 0 saturated carbocycles. The zero-order valence-electron chi connectivity index (χ0n) is 61.9. The number of nitrogens with zero attached hydrogens (tertiary/aromatic N) is 7. The number of carbonyl (C=O) groups is 2. The van der Waals surface area contributed by atoms with Crippen LogP contribution in [0.2, 0.25) is 4.24 Å². The number of rotatable bonds is 10. The monoisotopic (exact) mass is 943 g/mol. The Hall–Kier alpha value is -8.05. The molecular formula is C50H46N10O6S. The predicted octanol–water partition coefficient (Wildman–Crippen LogP) is 7.90. The number of aromatic nitrogens is 6. The zero-order chi connectivity index (χ0) is 70.4. The van der Waals surface area contributed by atoms with Gasteiger partial charge >= 0.3 is 0 Å². The number of carbonyl (C=O) groups excluding carboxylic acids is 2. The molecule has 2 amide bonds. The smallest absolute Gasteiger partial charge is 0.269 e. The maximum Gasteiger partial charge on any atom is 0.269 e. The molecule has 0 aliphatic carbocycles. The average Bonchev–Trinajstić information content (AvgIpc) is 1.09. The normalized spacial score (nSPS) is 26.1. The highest BCUT2D eigenvalue weighted by Crippen LogP contribution is 2.40. The molecule has 3 aromatic carbocycles. The molecule has 2 atom stereocenters. The van der Waals surface area contributed by atoms with Crippen molar-refractivity contribution in [3.63, 3.8) is 0 Å². The van der Waals surface area contributed by atoms with E-state index >= 15 is 0 Å². The van der Waals surface area contributed by atoms with Crippen LogP contribution in [0.5, 0.6) is 0 Å². The lowest BCUT2D eigenvalue weighted by Crippen LogP contribution is -2.45. The van der Waals surface area contributed by atoms with Gasteiger partial charge in [0.05, 0.1) is 65.0 Å². The van der Waals surface area contributed by atoms with Gasteiger partial charge in [-0.05, 0) is 74.0 Å². The molecule has 16 nitrogen and oxygen atoms in total. The molecule has 4 aliphatic rings. The fraction of sp³-hybridized carbons (Fsp3) is 0.200. The molecule has 0 spiro atoms. The van der Waals surface area contributed by atoms with Crippen molar-refractivity contribution in [3.05, 3.63) is 164 Å². The quantitative estimate of drug-likeness (QED) is 0.120. The second kappa shape index (κ2) is 18.8. The number of fused-ring (bicyclic) bond motifs is 2. The second-order valence-corrected chi connectivity index (χ2v) is 15.7. The summed E-state index contributed by atoms with van der Waals surface area (Å²) < 4.78 is 272. The summed E-state index contributed by atoms with van der Waals surface area (Å²) in [6.07, 6.45) is -6.69. The van der Waals surface area contributed by atoms with Gasteiger partial charge in [-0.25, -0.2) is 32.3 Å². The summed E-state index contributed by atoms with van der Waals surface area (Å²) in [5.41, 5.74) is -2.99. The molecular weight excluding hydrogens is 869 g/mol. The van der Waals surface area contributed by atoms with Crippen molar-refractivity contribution in [2.45, 2.75) is 42.5 Å². The highest BCUT2D eigenvalue weighted by atomic mass is 32.2. The summed E-state index contributed by atoms with van der Waals surface area (Å²) in [6.45, 7) is -9.15. The van der Waals surface area contributed by atoms with Gasteiger partial charge in [0.1, 0.15) is 27.9 Å². The summed E-state index contributed by atoms with van der Waals surface area (Å²) in [7, 11) is -4.08. The number of H-pyrrole nitrogens is 1. The van der Waals surface area contributed by atoms with Gasteiger partial charge in [-0.15, -0.1) is 0 Å². The van der Waals surface area contributed by atoms with E-state index in [-0.39, 0.29) is 45.6 Å². The van der Waals surface area contributed by atoms with Crippen LogP contribution in [-0.2, 0) is 10.0 Å². The van der Waals surface area contributed by atoms with Crippen LogP contribution in [0.4, 0.5) is 11.6 Å². The molecule has 2 saturated heterocycles. The Balaban J connectivity index is 0.000000208. The molecule has 2 unspecified atom stereocenters. The number of furan rings is 2. The largest absolute Gasteiger partial charge is 0.472 e. The summed E-state index contributed by atoms with van der Waals surface area (Å²) in [5.74, 6) is -4.88. The number of hydrogen-bond acceptors (Lipinski definition) is 12. The van der Waals surface area contributed by atoms with Crippen LogP contribution in [0.15, 0.2) is 167 Å². The van der Waals surface area contributed by atoms with Gasteiger partial charge in [0, 0.05) is 96.2 Å². The van der Waals surface area contributed by atoms with Gasteiger partial charge in [0.25, 0.3) is 21.8 Å². The molecule has 2 fully saturated rings. The number of benzene rings is 3. The molecule has 0 radical (unpaired) electrons. The highest BCUT2D eigenvalue weighted by Gasteiger charge is 2.30. The number of piperidine rings is 2. The SMILES string of the molecule is [2H]c1c([2H])c([2H])c(C(=O)N([2H])C2CCN(c3ncnc4c3c(-c3ccoc3)cn4S(=O)(=O)c3ccccc3)C([2H])C2)c([2H])c1[2H].[2H]c1nc2n([2H])c([2H])nc(N3C([2H])([2H])C([2H])([2H])C([2H])(N([2H])C(=O)c4c([2H])c([2H])c([2H])c([2H])c4[2H])C([2H])([2H])C3([2H])[2H])c-2c1-c1c([2H])oc([2H])c1[2H]. The third-order valence-corrected chi connectivity index (χ3v) is 11.5. The molecule has 67 heavy (non-hydrogen) atoms. The topological polar surface area (TPSA) is 197 Å². The van der Waals surface area contributed by atoms with E-state index in [1.165, 1.54) is 37.2 Å². The van der Waals surface area contributed by atoms with Crippen LogP contribution in [0, 0.1) is 0 Å². The van der Waals surface area contributed by atoms with Gasteiger partial charge in [0.15, 0.2) is 9.88 Å². The molecule has 3 N–H and O–H groups in total. The van der Waals surface area contributed by atoms with E-state index in [0.717, 1.165) is 3.97 Å². The lowest BCUT2D eigenvalue weighted by molar-refractivity contribution is 0.0922. The van der Waals surface area contributed by atoms with E-state index in [9.17, 15) is 18.0 Å². The molecule has 4 aromatic heterocycles. The minimum absolute atomic E-state index is 0.0382. The number of aromatic amines is 1. The Bertz CT molecular complexity index is 4620. The van der Waals surface area contributed by atoms with Crippen molar-refractivity contribution in [2.75, 3.05) is 35.9 Å². The second-order valence-electron chi connectivity index (χ2n) is 13.9. The molecule has 4 aliphatic heterocycles. The summed E-state index contributed by atoms with van der Waals surface area (Å²) in [4.78, 5) is 44.5. The van der Waals surface area contributed by atoms with Crippen molar-refractivity contribution in [3.8, 4) is 33.6 Å². The lowest BCUT2D eigenvalue weighted by Gasteiger charge is -2.34. The molecule has 8 heterocycles. The van der Waals surface area contributed by atoms with Crippen molar-refractivity contribution >= 4 is 44.5 Å². The van der Waals surface area contributed by atoms with Gasteiger partial charge in [0.2, 0.25) is 0 Å². The number of hydrogen-bond donors (Lipinski definition) is 3. The van der Waals surface area contributed by atoms with Crippen LogP contribution in [0.1, 0.15) is 80.6 Å². The maximum absolute atomic E-state index is 13.7. The first kappa shape index (κ1) is 21.5. The standard InChI is InChI=1S/C28H25N5O4S.C22H21N5O2/c34-28(20-7-3-1-4-8-20)31-22-11-14-32(15-12-22)26-25-24(21-13-16-37-18-21)17-33(27(25)30-19-29-26)38(35,36)23-9-5-2-6-10-23;28-22(15-4-2-1-3-5-15)26-17-6-9-27(10-7-17)21-19-18(16-8-11-29-13-16)12-23-20(19)24-14-25-21/h1-10,13,16-19,22H,11-12,14-15H2,(H,31,34);1-5,8,11-14,17H,6-7,9-10H2,(H,26,28)(H,23,24,25)/i1D,3D,4D,7D,8D,14D;1D,2D,3D,4D,5D,6D2,7D2,8D,9D2,10D2,11D,12D,13D,14D,17D/hD3. The third kappa shape index (κ3) is 8.88. The zero-order valence-corrected chi connectivity index (χ0v) is 34.7. The van der Waals surface area contributed by atoms with E-state index in [1.807, 2.05) is 0 Å². The minimum atomic E-state index is -4.31. The van der Waals surface area contributed by atoms with Crippen molar-refractivity contribution in [2.24, 2.45) is 0 Å². The fourth-order valence-corrected chi connectivity index (χ4v) is 8.13. The highest BCUT2D eigenvalue weighted by molar-refractivity contribution is 7.90. The van der Waals surface area contributed by atoms with Gasteiger partial charge in [-0.1, -0.05) is 54.5 Å². The van der Waals surface area contributed by atoms with E-state index in [2.05, 4.69) is 19.9 Å². The van der Waals surface area contributed by atoms with Gasteiger partial charge in [-0.3, -0.25) is 9.59 Å². The Morgan fingerprint density at radius 1 is 0.836 bits per heavy atom. The van der Waals surface area contributed by atoms with Crippen molar-refractivity contribution in [1.29, 1.82) is 0 Å². The molecule has 338 valence electrons. The Morgan fingerprint density at radius 2 is 1.58 bits per heavy atom. The van der Waals surface area contributed by atoms with Crippen LogP contribution in [0.25, 0.3) is 44.7 Å². The molecule has 11 rings (SSSR count). The molecule has 0 bridgehead atoms. The van der Waals surface area contributed by atoms with Crippen LogP contribution >= 0.6 is 0 Å². The number of amides is 2. The fourth-order valence-electron chi connectivity index (χ4n) is 6.79. The predicted molar refractivity (Wildman–Crippen MR) is 253 cm³/mol. The lowest BCUT2D eigenvalue weighted by atomic mass is 10.0. The minimum Gasteiger partial charge on any atom is -0.472 e. The first-order chi connectivity index (χ1) is 44.1. The van der Waals surface area contributed by atoms with E-state index in [0.29, 0.717) is 21.8 Å². The average molecular weight is 943 g/mol. The molecule has 17 heteroatoms. The van der Waals surface area contributed by atoms with E-state index < -0.39 is 202 Å². The first-order valence-corrected chi connectivity index (χ1v) is 21.0. The Morgan fingerprint density at radius 3 is 2.27 bits per heavy atom. The Labute approximate surface area is 425 Å². The van der Waals surface area contributed by atoms with Crippen molar-refractivity contribution < 1.29 is 65.3 Å². The number of anilines is 2. The third-order valence-electron chi connectivity index (χ3n) is 9.87. The summed E-state index contributed by atoms with van der Waals surface area (Å²) in [6, 6.07) is -5.46. The molecule has 7 aromatic rings. The van der Waals surface area contributed by atoms with E-state index in [4.69, 9.17) is 47.3 Å². The number of nitrogens with one attached hydrogen (secondary N) is 3. The summed E-state index contributed by atoms with van der Waals surface area (Å²) >= 11 is 0. The van der Waals surface area contributed by atoms with Gasteiger partial charge in [-0.2, -0.15) is 0 Å². The van der Waals surface area contributed by atoms with Crippen molar-refractivity contribution in [1.82, 2.24) is 39.5 Å². The maximum atomic E-state index is 13.7. The van der Waals surface area contributed by atoms with Crippen LogP contribution < -0.4 is 20.4 Å². The summed E-state index contributed by atoms with van der Waals surface area (Å²) in [5, 5.41) is 0.0851. The first-order valence-electron chi connectivity index (χ1n) is 33.4. The van der Waals surface area contributed by atoms with Crippen LogP contribution in [-0.4, -0.2) is 87.2 Å².